The fraction of sp³-hybridized carbons (Fsp3) is 0.889. The van der Waals surface area contributed by atoms with Crippen molar-refractivity contribution < 1.29 is 18.0 Å². The van der Waals surface area contributed by atoms with Crippen LogP contribution in [0.3, 0.4) is 0 Å². The largest absolute Gasteiger partial charge is 0.406 e. The monoisotopic (exact) mass is 226 g/mol. The first kappa shape index (κ1) is 14.2. The number of carbonyl (C=O) groups is 1. The van der Waals surface area contributed by atoms with Gasteiger partial charge in [-0.3, -0.25) is 4.79 Å². The van der Waals surface area contributed by atoms with Crippen LogP contribution >= 0.6 is 0 Å². The van der Waals surface area contributed by atoms with E-state index in [0.717, 1.165) is 7.05 Å². The topological polar surface area (TPSA) is 46.3 Å². The van der Waals surface area contributed by atoms with Gasteiger partial charge in [0.1, 0.15) is 6.54 Å². The molecule has 0 spiro atoms. The molecule has 1 unspecified atom stereocenters. The molecule has 0 saturated heterocycles. The summed E-state index contributed by atoms with van der Waals surface area (Å²) in [5, 5.41) is 0. The van der Waals surface area contributed by atoms with Gasteiger partial charge in [-0.05, 0) is 5.92 Å². The van der Waals surface area contributed by atoms with E-state index in [-0.39, 0.29) is 5.92 Å². The van der Waals surface area contributed by atoms with E-state index < -0.39 is 24.7 Å². The Balaban J connectivity index is 4.32. The first-order valence-electron chi connectivity index (χ1n) is 4.76. The molecule has 0 aliphatic rings. The molecule has 0 bridgehead atoms. The van der Waals surface area contributed by atoms with Crippen molar-refractivity contribution in [3.63, 3.8) is 0 Å². The van der Waals surface area contributed by atoms with E-state index >= 15 is 0 Å². The number of rotatable bonds is 4. The Labute approximate surface area is 87.4 Å². The highest BCUT2D eigenvalue weighted by atomic mass is 19.4. The number of hydrogen-bond donors (Lipinski definition) is 1. The van der Waals surface area contributed by atoms with Gasteiger partial charge < -0.3 is 10.6 Å². The highest BCUT2D eigenvalue weighted by Crippen LogP contribution is 2.17. The molecule has 0 aliphatic carbocycles. The molecule has 0 rings (SSSR count). The second kappa shape index (κ2) is 5.34. The lowest BCUT2D eigenvalue weighted by Crippen LogP contribution is -2.48. The van der Waals surface area contributed by atoms with E-state index in [2.05, 4.69) is 0 Å². The molecule has 0 aliphatic heterocycles. The van der Waals surface area contributed by atoms with Crippen molar-refractivity contribution in [3.8, 4) is 0 Å². The molecule has 15 heavy (non-hydrogen) atoms. The summed E-state index contributed by atoms with van der Waals surface area (Å²) in [5.74, 6) is -0.783. The maximum Gasteiger partial charge on any atom is 0.406 e. The number of hydrogen-bond acceptors (Lipinski definition) is 2. The average Bonchev–Trinajstić information content (AvgIpc) is 2.11. The van der Waals surface area contributed by atoms with Crippen LogP contribution in [0.25, 0.3) is 0 Å². The van der Waals surface area contributed by atoms with Crippen molar-refractivity contribution in [3.05, 3.63) is 0 Å². The van der Waals surface area contributed by atoms with Gasteiger partial charge in [0.15, 0.2) is 0 Å². The molecular formula is C9H17F3N2O. The summed E-state index contributed by atoms with van der Waals surface area (Å²) in [7, 11) is 1.11. The van der Waals surface area contributed by atoms with Crippen LogP contribution in [0, 0.1) is 5.92 Å². The molecule has 0 aromatic heterocycles. The molecule has 0 fully saturated rings. The average molecular weight is 226 g/mol. The molecule has 0 heterocycles. The second-order valence-corrected chi connectivity index (χ2v) is 3.72. The number of halogens is 3. The zero-order chi connectivity index (χ0) is 12.2. The SMILES string of the molecule is CCC(C)[C@H](N)C(=O)N(C)CC(F)(F)F. The number of nitrogens with two attached hydrogens (primary N) is 1. The summed E-state index contributed by atoms with van der Waals surface area (Å²) in [6.07, 6.45) is -3.72. The predicted octanol–water partition coefficient (Wildman–Crippen LogP) is 1.38. The molecule has 90 valence electrons. The zero-order valence-electron chi connectivity index (χ0n) is 9.14. The standard InChI is InChI=1S/C9H17F3N2O/c1-4-6(2)7(13)8(15)14(3)5-9(10,11)12/h6-7H,4-5,13H2,1-3H3/t6?,7-/m0/s1. The third-order valence-electron chi connectivity index (χ3n) is 2.33. The third-order valence-corrected chi connectivity index (χ3v) is 2.33. The minimum absolute atomic E-state index is 0.117. The van der Waals surface area contributed by atoms with Gasteiger partial charge in [-0.1, -0.05) is 20.3 Å². The molecule has 3 nitrogen and oxygen atoms in total. The molecule has 0 saturated carbocycles. The normalized spacial score (nSPS) is 15.9. The molecular weight excluding hydrogens is 209 g/mol. The summed E-state index contributed by atoms with van der Waals surface area (Å²) in [4.78, 5) is 12.0. The Kier molecular flexibility index (Phi) is 5.07. The van der Waals surface area contributed by atoms with Gasteiger partial charge in [0, 0.05) is 7.05 Å². The van der Waals surface area contributed by atoms with E-state index in [9.17, 15) is 18.0 Å². The van der Waals surface area contributed by atoms with Crippen molar-refractivity contribution in [1.82, 2.24) is 4.90 Å². The highest BCUT2D eigenvalue weighted by Gasteiger charge is 2.33. The van der Waals surface area contributed by atoms with Crippen molar-refractivity contribution in [2.75, 3.05) is 13.6 Å². The van der Waals surface area contributed by atoms with Gasteiger partial charge in [0.2, 0.25) is 5.91 Å². The third kappa shape index (κ3) is 5.01. The van der Waals surface area contributed by atoms with Gasteiger partial charge in [0.05, 0.1) is 6.04 Å². The van der Waals surface area contributed by atoms with E-state index in [1.54, 1.807) is 6.92 Å². The first-order chi connectivity index (χ1) is 6.69. The van der Waals surface area contributed by atoms with Gasteiger partial charge >= 0.3 is 6.18 Å². The number of carbonyl (C=O) groups excluding carboxylic acids is 1. The van der Waals surface area contributed by atoms with E-state index in [1.165, 1.54) is 0 Å². The number of likely N-dealkylation sites (N-methyl/N-ethyl adjacent to an activating group) is 1. The fourth-order valence-electron chi connectivity index (χ4n) is 1.10. The van der Waals surface area contributed by atoms with Crippen LogP contribution in [-0.4, -0.2) is 36.6 Å². The van der Waals surface area contributed by atoms with Crippen LogP contribution in [0.15, 0.2) is 0 Å². The van der Waals surface area contributed by atoms with E-state index in [1.807, 2.05) is 6.92 Å². The molecule has 0 radical (unpaired) electrons. The van der Waals surface area contributed by atoms with Gasteiger partial charge in [0.25, 0.3) is 0 Å². The number of amides is 1. The summed E-state index contributed by atoms with van der Waals surface area (Å²) >= 11 is 0. The van der Waals surface area contributed by atoms with Crippen LogP contribution < -0.4 is 5.73 Å². The highest BCUT2D eigenvalue weighted by molar-refractivity contribution is 5.81. The van der Waals surface area contributed by atoms with Gasteiger partial charge in [-0.25, -0.2) is 0 Å². The van der Waals surface area contributed by atoms with Crippen molar-refractivity contribution in [2.45, 2.75) is 32.5 Å². The number of nitrogens with zero attached hydrogens (tertiary/aromatic N) is 1. The first-order valence-corrected chi connectivity index (χ1v) is 4.76. The fourth-order valence-corrected chi connectivity index (χ4v) is 1.10. The summed E-state index contributed by atoms with van der Waals surface area (Å²) < 4.78 is 35.9. The molecule has 2 N–H and O–H groups in total. The minimum atomic E-state index is -4.38. The molecule has 2 atom stereocenters. The Morgan fingerprint density at radius 2 is 1.93 bits per heavy atom. The van der Waals surface area contributed by atoms with Crippen LogP contribution in [0.1, 0.15) is 20.3 Å². The Morgan fingerprint density at radius 1 is 1.47 bits per heavy atom. The summed E-state index contributed by atoms with van der Waals surface area (Å²) in [6, 6.07) is -0.859. The Bertz CT molecular complexity index is 218. The molecule has 6 heteroatoms. The molecule has 0 aromatic rings. The van der Waals surface area contributed by atoms with Crippen LogP contribution in [0.4, 0.5) is 13.2 Å². The lowest BCUT2D eigenvalue weighted by molar-refractivity contribution is -0.159. The van der Waals surface area contributed by atoms with Crippen LogP contribution in [-0.2, 0) is 4.79 Å². The van der Waals surface area contributed by atoms with Crippen LogP contribution in [0.5, 0.6) is 0 Å². The molecule has 1 amide bonds. The summed E-state index contributed by atoms with van der Waals surface area (Å²) in [6.45, 7) is 2.32. The number of alkyl halides is 3. The maximum absolute atomic E-state index is 12.0. The lowest BCUT2D eigenvalue weighted by Gasteiger charge is -2.25. The zero-order valence-corrected chi connectivity index (χ0v) is 9.14. The predicted molar refractivity (Wildman–Crippen MR) is 51.1 cm³/mol. The molecule has 0 aromatic carbocycles. The smallest absolute Gasteiger partial charge is 0.335 e. The lowest BCUT2D eigenvalue weighted by atomic mass is 9.99. The Morgan fingerprint density at radius 3 is 2.27 bits per heavy atom. The van der Waals surface area contributed by atoms with Crippen molar-refractivity contribution in [2.24, 2.45) is 11.7 Å². The summed E-state index contributed by atoms with van der Waals surface area (Å²) in [5.41, 5.74) is 5.53. The van der Waals surface area contributed by atoms with Gasteiger partial charge in [-0.2, -0.15) is 13.2 Å². The minimum Gasteiger partial charge on any atom is -0.335 e. The van der Waals surface area contributed by atoms with Crippen LogP contribution in [0.2, 0.25) is 0 Å². The van der Waals surface area contributed by atoms with Crippen molar-refractivity contribution >= 4 is 5.91 Å². The maximum atomic E-state index is 12.0. The van der Waals surface area contributed by atoms with E-state index in [4.69, 9.17) is 5.73 Å². The Hall–Kier alpha value is -0.780. The van der Waals surface area contributed by atoms with E-state index in [0.29, 0.717) is 11.3 Å². The quantitative estimate of drug-likeness (QED) is 0.787. The van der Waals surface area contributed by atoms with Crippen molar-refractivity contribution in [1.29, 1.82) is 0 Å². The van der Waals surface area contributed by atoms with Gasteiger partial charge in [-0.15, -0.1) is 0 Å². The second-order valence-electron chi connectivity index (χ2n) is 3.72.